The molecule has 2 aliphatic carbocycles. The zero-order valence-electron chi connectivity index (χ0n) is 18.6. The number of hydrogen-bond acceptors (Lipinski definition) is 4. The van der Waals surface area contributed by atoms with Crippen LogP contribution >= 0.6 is 0 Å². The van der Waals surface area contributed by atoms with E-state index in [1.807, 2.05) is 24.3 Å². The van der Waals surface area contributed by atoms with Gasteiger partial charge in [0.1, 0.15) is 6.61 Å². The fourth-order valence-corrected chi connectivity index (χ4v) is 5.13. The summed E-state index contributed by atoms with van der Waals surface area (Å²) in [5.74, 6) is -1.06. The highest BCUT2D eigenvalue weighted by Gasteiger charge is 2.37. The quantitative estimate of drug-likeness (QED) is 0.497. The van der Waals surface area contributed by atoms with Gasteiger partial charge in [-0.25, -0.2) is 4.79 Å². The Morgan fingerprint density at radius 2 is 1.58 bits per heavy atom. The predicted molar refractivity (Wildman–Crippen MR) is 124 cm³/mol. The molecule has 0 spiro atoms. The third kappa shape index (κ3) is 5.35. The zero-order valence-corrected chi connectivity index (χ0v) is 18.6. The van der Waals surface area contributed by atoms with Crippen LogP contribution in [0.4, 0.5) is 4.79 Å². The molecular formula is C26H30N2O5. The Labute approximate surface area is 193 Å². The molecule has 0 saturated heterocycles. The maximum atomic E-state index is 12.3. The summed E-state index contributed by atoms with van der Waals surface area (Å²) in [6, 6.07) is 16.3. The molecule has 1 fully saturated rings. The summed E-state index contributed by atoms with van der Waals surface area (Å²) in [5, 5.41) is 14.8. The Hall–Kier alpha value is -3.35. The van der Waals surface area contributed by atoms with Crippen LogP contribution in [-0.4, -0.2) is 41.8 Å². The molecule has 7 heteroatoms. The molecule has 0 heterocycles. The molecule has 0 bridgehead atoms. The molecule has 0 unspecified atom stereocenters. The molecule has 33 heavy (non-hydrogen) atoms. The number of rotatable bonds is 9. The first-order valence-corrected chi connectivity index (χ1v) is 11.6. The molecule has 2 aromatic rings. The highest BCUT2D eigenvalue weighted by Crippen LogP contribution is 2.44. The Balaban J connectivity index is 1.21. The monoisotopic (exact) mass is 450 g/mol. The van der Waals surface area contributed by atoms with E-state index in [1.54, 1.807) is 0 Å². The number of benzene rings is 2. The molecule has 3 N–H and O–H groups in total. The lowest BCUT2D eigenvalue weighted by molar-refractivity contribution is -0.139. The second-order valence-corrected chi connectivity index (χ2v) is 8.96. The number of aliphatic carboxylic acids is 1. The van der Waals surface area contributed by atoms with Gasteiger partial charge in [0.15, 0.2) is 0 Å². The minimum atomic E-state index is -0.894. The maximum absolute atomic E-state index is 12.3. The summed E-state index contributed by atoms with van der Waals surface area (Å²) < 4.78 is 5.50. The van der Waals surface area contributed by atoms with Gasteiger partial charge in [-0.3, -0.25) is 9.59 Å². The fourth-order valence-electron chi connectivity index (χ4n) is 5.13. The van der Waals surface area contributed by atoms with Crippen LogP contribution in [0.5, 0.6) is 0 Å². The lowest BCUT2D eigenvalue weighted by Crippen LogP contribution is -2.47. The molecular weight excluding hydrogens is 420 g/mol. The van der Waals surface area contributed by atoms with E-state index in [0.717, 1.165) is 24.0 Å². The largest absolute Gasteiger partial charge is 0.481 e. The number of fused-ring (bicyclic) bond motifs is 3. The van der Waals surface area contributed by atoms with E-state index in [1.165, 1.54) is 11.1 Å². The number of carbonyl (C=O) groups excluding carboxylic acids is 2. The number of ether oxygens (including phenoxy) is 1. The molecule has 2 aliphatic rings. The predicted octanol–water partition coefficient (Wildman–Crippen LogP) is 4.21. The summed E-state index contributed by atoms with van der Waals surface area (Å²) in [4.78, 5) is 35.7. The van der Waals surface area contributed by atoms with E-state index in [0.29, 0.717) is 25.8 Å². The van der Waals surface area contributed by atoms with Gasteiger partial charge in [-0.1, -0.05) is 61.4 Å². The maximum Gasteiger partial charge on any atom is 0.407 e. The minimum Gasteiger partial charge on any atom is -0.481 e. The van der Waals surface area contributed by atoms with Crippen molar-refractivity contribution in [1.82, 2.24) is 10.6 Å². The Morgan fingerprint density at radius 1 is 0.970 bits per heavy atom. The lowest BCUT2D eigenvalue weighted by atomic mass is 9.93. The van der Waals surface area contributed by atoms with Gasteiger partial charge in [-0.2, -0.15) is 0 Å². The van der Waals surface area contributed by atoms with Crippen molar-refractivity contribution in [3.8, 4) is 11.1 Å². The highest BCUT2D eigenvalue weighted by molar-refractivity contribution is 5.79. The summed E-state index contributed by atoms with van der Waals surface area (Å²) in [5.41, 5.74) is 4.05. The van der Waals surface area contributed by atoms with Gasteiger partial charge in [-0.15, -0.1) is 0 Å². The Morgan fingerprint density at radius 3 is 2.18 bits per heavy atom. The summed E-state index contributed by atoms with van der Waals surface area (Å²) in [6.07, 6.45) is 3.39. The summed E-state index contributed by atoms with van der Waals surface area (Å²) in [7, 11) is 0. The van der Waals surface area contributed by atoms with Gasteiger partial charge in [0, 0.05) is 18.9 Å². The SMILES string of the molecule is O=C(O)CC1(NC(=O)CCCNC(=O)OCC2c3ccccc3-c3ccccc32)CCCC1. The van der Waals surface area contributed by atoms with E-state index >= 15 is 0 Å². The first kappa shape index (κ1) is 22.8. The number of carboxylic acid groups (broad SMARTS) is 1. The van der Waals surface area contributed by atoms with Crippen molar-refractivity contribution in [3.05, 3.63) is 59.7 Å². The van der Waals surface area contributed by atoms with Crippen molar-refractivity contribution in [2.75, 3.05) is 13.2 Å². The third-order valence-electron chi connectivity index (χ3n) is 6.65. The van der Waals surface area contributed by atoms with E-state index in [4.69, 9.17) is 9.84 Å². The average Bonchev–Trinajstić information content (AvgIpc) is 3.37. The van der Waals surface area contributed by atoms with E-state index < -0.39 is 17.6 Å². The number of hydrogen-bond donors (Lipinski definition) is 3. The molecule has 7 nitrogen and oxygen atoms in total. The second kappa shape index (κ2) is 10.1. The van der Waals surface area contributed by atoms with Crippen LogP contribution in [0.2, 0.25) is 0 Å². The van der Waals surface area contributed by atoms with Gasteiger partial charge in [-0.05, 0) is 41.5 Å². The van der Waals surface area contributed by atoms with Crippen LogP contribution in [0.25, 0.3) is 11.1 Å². The molecule has 1 saturated carbocycles. The van der Waals surface area contributed by atoms with Gasteiger partial charge in [0.05, 0.1) is 12.0 Å². The number of carboxylic acids is 1. The average molecular weight is 451 g/mol. The molecule has 0 aliphatic heterocycles. The van der Waals surface area contributed by atoms with Crippen molar-refractivity contribution in [3.63, 3.8) is 0 Å². The molecule has 4 rings (SSSR count). The Bertz CT molecular complexity index is 983. The van der Waals surface area contributed by atoms with E-state index in [9.17, 15) is 14.4 Å². The van der Waals surface area contributed by atoms with Gasteiger partial charge < -0.3 is 20.5 Å². The van der Waals surface area contributed by atoms with Crippen LogP contribution in [0.3, 0.4) is 0 Å². The topological polar surface area (TPSA) is 105 Å². The van der Waals surface area contributed by atoms with Crippen molar-refractivity contribution < 1.29 is 24.2 Å². The number of nitrogens with one attached hydrogen (secondary N) is 2. The van der Waals surface area contributed by atoms with E-state index in [-0.39, 0.29) is 31.3 Å². The first-order valence-electron chi connectivity index (χ1n) is 11.6. The first-order chi connectivity index (χ1) is 16.0. The summed E-state index contributed by atoms with van der Waals surface area (Å²) in [6.45, 7) is 0.564. The Kier molecular flexibility index (Phi) is 6.96. The van der Waals surface area contributed by atoms with Crippen molar-refractivity contribution in [2.24, 2.45) is 0 Å². The molecule has 2 aromatic carbocycles. The zero-order chi connectivity index (χ0) is 23.3. The summed E-state index contributed by atoms with van der Waals surface area (Å²) >= 11 is 0. The second-order valence-electron chi connectivity index (χ2n) is 8.96. The molecule has 0 aromatic heterocycles. The van der Waals surface area contributed by atoms with Crippen LogP contribution in [-0.2, 0) is 14.3 Å². The van der Waals surface area contributed by atoms with E-state index in [2.05, 4.69) is 34.9 Å². The van der Waals surface area contributed by atoms with Crippen LogP contribution in [0.1, 0.15) is 62.0 Å². The van der Waals surface area contributed by atoms with Crippen molar-refractivity contribution in [2.45, 2.75) is 56.4 Å². The van der Waals surface area contributed by atoms with Crippen molar-refractivity contribution >= 4 is 18.0 Å². The lowest BCUT2D eigenvalue weighted by Gasteiger charge is -2.28. The number of alkyl carbamates (subject to hydrolysis) is 1. The standard InChI is InChI=1S/C26H30N2O5/c29-23(28-26(16-24(30)31)13-5-6-14-26)12-7-15-27-25(32)33-17-22-20-10-3-1-8-18(20)19-9-2-4-11-21(19)22/h1-4,8-11,22H,5-7,12-17H2,(H,27,32)(H,28,29)(H,30,31). The van der Waals surface area contributed by atoms with Gasteiger partial charge in [0.2, 0.25) is 5.91 Å². The molecule has 174 valence electrons. The smallest absolute Gasteiger partial charge is 0.407 e. The molecule has 2 amide bonds. The fraction of sp³-hybridized carbons (Fsp3) is 0.423. The van der Waals surface area contributed by atoms with Gasteiger partial charge >= 0.3 is 12.1 Å². The van der Waals surface area contributed by atoms with Crippen LogP contribution in [0, 0.1) is 0 Å². The number of carbonyl (C=O) groups is 3. The number of amides is 2. The van der Waals surface area contributed by atoms with Crippen LogP contribution in [0.15, 0.2) is 48.5 Å². The molecule has 0 atom stereocenters. The normalized spacial score (nSPS) is 16.0. The molecule has 0 radical (unpaired) electrons. The minimum absolute atomic E-state index is 0.00534. The van der Waals surface area contributed by atoms with Crippen LogP contribution < -0.4 is 10.6 Å². The van der Waals surface area contributed by atoms with Gasteiger partial charge in [0.25, 0.3) is 0 Å². The highest BCUT2D eigenvalue weighted by atomic mass is 16.5. The van der Waals surface area contributed by atoms with Crippen molar-refractivity contribution in [1.29, 1.82) is 0 Å². The third-order valence-corrected chi connectivity index (χ3v) is 6.65.